The summed E-state index contributed by atoms with van der Waals surface area (Å²) < 4.78 is 0. The molecule has 1 radical (unpaired) electrons. The van der Waals surface area contributed by atoms with Gasteiger partial charge in [-0.2, -0.15) is 0 Å². The van der Waals surface area contributed by atoms with E-state index in [2.05, 4.69) is 6.92 Å². The summed E-state index contributed by atoms with van der Waals surface area (Å²) >= 11 is 0. The molecule has 0 aromatic rings. The minimum absolute atomic E-state index is 0.0856. The number of carboxylic acids is 1. The van der Waals surface area contributed by atoms with Crippen molar-refractivity contribution in [3.05, 3.63) is 6.92 Å². The molecule has 0 amide bonds. The van der Waals surface area contributed by atoms with Crippen molar-refractivity contribution in [3.8, 4) is 0 Å². The Morgan fingerprint density at radius 1 is 1.62 bits per heavy atom. The van der Waals surface area contributed by atoms with E-state index in [0.717, 1.165) is 12.8 Å². The fraction of sp³-hybridized carbons (Fsp3) is 0.667. The van der Waals surface area contributed by atoms with E-state index >= 15 is 0 Å². The van der Waals surface area contributed by atoms with Crippen LogP contribution in [-0.4, -0.2) is 11.1 Å². The van der Waals surface area contributed by atoms with Crippen molar-refractivity contribution in [2.75, 3.05) is 0 Å². The van der Waals surface area contributed by atoms with Gasteiger partial charge in [-0.3, -0.25) is 4.79 Å². The van der Waals surface area contributed by atoms with Crippen molar-refractivity contribution in [1.29, 1.82) is 0 Å². The van der Waals surface area contributed by atoms with E-state index in [1.165, 1.54) is 0 Å². The quantitative estimate of drug-likeness (QED) is 0.549. The van der Waals surface area contributed by atoms with Gasteiger partial charge in [0.05, 0.1) is 5.92 Å². The fourth-order valence-electron chi connectivity index (χ4n) is 0.937. The first-order chi connectivity index (χ1) is 3.70. The molecule has 2 nitrogen and oxygen atoms in total. The zero-order valence-corrected chi connectivity index (χ0v) is 4.63. The van der Waals surface area contributed by atoms with Gasteiger partial charge in [0.1, 0.15) is 0 Å². The van der Waals surface area contributed by atoms with Gasteiger partial charge in [-0.05, 0) is 18.8 Å². The lowest BCUT2D eigenvalue weighted by atomic mass is 9.76. The lowest BCUT2D eigenvalue weighted by molar-refractivity contribution is -0.145. The molecule has 1 rings (SSSR count). The Balaban J connectivity index is 2.25. The first-order valence-corrected chi connectivity index (χ1v) is 2.76. The Bertz CT molecular complexity index is 103. The van der Waals surface area contributed by atoms with Crippen LogP contribution in [-0.2, 0) is 4.79 Å². The second-order valence-electron chi connectivity index (χ2n) is 2.37. The van der Waals surface area contributed by atoms with Gasteiger partial charge in [-0.25, -0.2) is 0 Å². The highest BCUT2D eigenvalue weighted by atomic mass is 16.4. The molecule has 2 heteroatoms. The third-order valence-corrected chi connectivity index (χ3v) is 1.58. The van der Waals surface area contributed by atoms with Crippen molar-refractivity contribution in [2.45, 2.75) is 12.8 Å². The predicted octanol–water partition coefficient (Wildman–Crippen LogP) is 0.931. The maximum absolute atomic E-state index is 10.1. The SMILES string of the molecule is [CH2][C@H]1C[C@@H](C(=O)O)C1. The van der Waals surface area contributed by atoms with Crippen LogP contribution in [0.1, 0.15) is 12.8 Å². The summed E-state index contributed by atoms with van der Waals surface area (Å²) in [7, 11) is 0. The highest BCUT2D eigenvalue weighted by Crippen LogP contribution is 2.32. The molecule has 0 atom stereocenters. The standard InChI is InChI=1S/C6H9O2/c1-4-2-5(3-4)6(7)8/h4-5H,1-3H2,(H,7,8)/t4-,5+. The molecule has 0 heterocycles. The molecule has 0 aromatic carbocycles. The van der Waals surface area contributed by atoms with Crippen molar-refractivity contribution in [3.63, 3.8) is 0 Å². The van der Waals surface area contributed by atoms with Gasteiger partial charge in [0.25, 0.3) is 0 Å². The molecule has 0 unspecified atom stereocenters. The van der Waals surface area contributed by atoms with Crippen LogP contribution in [0.25, 0.3) is 0 Å². The zero-order chi connectivity index (χ0) is 6.15. The van der Waals surface area contributed by atoms with E-state index < -0.39 is 5.97 Å². The normalized spacial score (nSPS) is 36.1. The van der Waals surface area contributed by atoms with Crippen LogP contribution in [0.4, 0.5) is 0 Å². The molecule has 0 aromatic heterocycles. The minimum Gasteiger partial charge on any atom is -0.481 e. The van der Waals surface area contributed by atoms with Gasteiger partial charge in [-0.1, -0.05) is 6.92 Å². The van der Waals surface area contributed by atoms with Crippen LogP contribution in [0.2, 0.25) is 0 Å². The largest absolute Gasteiger partial charge is 0.481 e. The average molecular weight is 113 g/mol. The molecule has 0 aliphatic heterocycles. The molecule has 1 fully saturated rings. The molecular weight excluding hydrogens is 104 g/mol. The second kappa shape index (κ2) is 1.77. The number of carboxylic acid groups (broad SMARTS) is 1. The first-order valence-electron chi connectivity index (χ1n) is 2.76. The summed E-state index contributed by atoms with van der Waals surface area (Å²) in [6.07, 6.45) is 1.55. The number of aliphatic carboxylic acids is 1. The number of carbonyl (C=O) groups is 1. The smallest absolute Gasteiger partial charge is 0.306 e. The molecule has 0 saturated heterocycles. The van der Waals surface area contributed by atoms with E-state index in [4.69, 9.17) is 5.11 Å². The maximum Gasteiger partial charge on any atom is 0.306 e. The first kappa shape index (κ1) is 5.60. The van der Waals surface area contributed by atoms with Gasteiger partial charge in [-0.15, -0.1) is 0 Å². The number of hydrogen-bond donors (Lipinski definition) is 1. The highest BCUT2D eigenvalue weighted by Gasteiger charge is 2.30. The predicted molar refractivity (Wildman–Crippen MR) is 29.2 cm³/mol. The number of hydrogen-bond acceptors (Lipinski definition) is 1. The summed E-state index contributed by atoms with van der Waals surface area (Å²) in [6.45, 7) is 3.71. The third-order valence-electron chi connectivity index (χ3n) is 1.58. The van der Waals surface area contributed by atoms with Crippen LogP contribution in [0, 0.1) is 18.8 Å². The molecule has 8 heavy (non-hydrogen) atoms. The van der Waals surface area contributed by atoms with Gasteiger partial charge >= 0.3 is 5.97 Å². The highest BCUT2D eigenvalue weighted by molar-refractivity contribution is 5.71. The summed E-state index contributed by atoms with van der Waals surface area (Å²) in [6, 6.07) is 0. The Kier molecular flexibility index (Phi) is 1.24. The summed E-state index contributed by atoms with van der Waals surface area (Å²) in [5, 5.41) is 8.32. The molecule has 1 aliphatic rings. The van der Waals surface area contributed by atoms with Crippen LogP contribution in [0.3, 0.4) is 0 Å². The van der Waals surface area contributed by atoms with E-state index in [1.807, 2.05) is 0 Å². The van der Waals surface area contributed by atoms with Gasteiger partial charge in [0, 0.05) is 0 Å². The van der Waals surface area contributed by atoms with E-state index in [9.17, 15) is 4.79 Å². The van der Waals surface area contributed by atoms with E-state index in [-0.39, 0.29) is 5.92 Å². The monoisotopic (exact) mass is 113 g/mol. The van der Waals surface area contributed by atoms with Gasteiger partial charge in [0.2, 0.25) is 0 Å². The fourth-order valence-corrected chi connectivity index (χ4v) is 0.937. The lowest BCUT2D eigenvalue weighted by Gasteiger charge is -2.28. The van der Waals surface area contributed by atoms with Crippen molar-refractivity contribution < 1.29 is 9.90 Å². The molecule has 1 saturated carbocycles. The van der Waals surface area contributed by atoms with Gasteiger partial charge in [0.15, 0.2) is 0 Å². The van der Waals surface area contributed by atoms with Crippen molar-refractivity contribution in [1.82, 2.24) is 0 Å². The zero-order valence-electron chi connectivity index (χ0n) is 4.63. The summed E-state index contributed by atoms with van der Waals surface area (Å²) in [4.78, 5) is 10.1. The van der Waals surface area contributed by atoms with Crippen LogP contribution in [0.15, 0.2) is 0 Å². The Morgan fingerprint density at radius 3 is 2.25 bits per heavy atom. The van der Waals surface area contributed by atoms with Crippen molar-refractivity contribution >= 4 is 5.97 Å². The minimum atomic E-state index is -0.662. The van der Waals surface area contributed by atoms with E-state index in [0.29, 0.717) is 5.92 Å². The average Bonchev–Trinajstić information content (AvgIpc) is 1.57. The van der Waals surface area contributed by atoms with Crippen LogP contribution in [0.5, 0.6) is 0 Å². The maximum atomic E-state index is 10.1. The Labute approximate surface area is 48.5 Å². The molecule has 45 valence electrons. The molecule has 0 bridgehead atoms. The summed E-state index contributed by atoms with van der Waals surface area (Å²) in [5.74, 6) is -0.349. The van der Waals surface area contributed by atoms with Crippen LogP contribution >= 0.6 is 0 Å². The molecule has 1 N–H and O–H groups in total. The molecule has 1 aliphatic carbocycles. The lowest BCUT2D eigenvalue weighted by Crippen LogP contribution is -2.28. The second-order valence-corrected chi connectivity index (χ2v) is 2.37. The summed E-state index contributed by atoms with van der Waals surface area (Å²) in [5.41, 5.74) is 0. The third kappa shape index (κ3) is 0.831. The van der Waals surface area contributed by atoms with E-state index in [1.54, 1.807) is 0 Å². The van der Waals surface area contributed by atoms with Crippen LogP contribution < -0.4 is 0 Å². The van der Waals surface area contributed by atoms with Crippen molar-refractivity contribution in [2.24, 2.45) is 11.8 Å². The molecular formula is C6H9O2. The number of rotatable bonds is 1. The Morgan fingerprint density at radius 2 is 2.12 bits per heavy atom. The topological polar surface area (TPSA) is 37.3 Å². The van der Waals surface area contributed by atoms with Gasteiger partial charge < -0.3 is 5.11 Å². The Hall–Kier alpha value is -0.530. The molecule has 0 spiro atoms.